The molecule has 2 fully saturated rings. The van der Waals surface area contributed by atoms with E-state index in [1.54, 1.807) is 0 Å². The normalized spacial score (nSPS) is 35.4. The highest BCUT2D eigenvalue weighted by molar-refractivity contribution is 5.14. The van der Waals surface area contributed by atoms with Gasteiger partial charge in [-0.2, -0.15) is 0 Å². The van der Waals surface area contributed by atoms with E-state index in [4.69, 9.17) is 4.74 Å². The Labute approximate surface area is 135 Å². The summed E-state index contributed by atoms with van der Waals surface area (Å²) < 4.78 is 5.78. The molecule has 0 bridgehead atoms. The van der Waals surface area contributed by atoms with Crippen molar-refractivity contribution in [1.82, 2.24) is 0 Å². The van der Waals surface area contributed by atoms with Gasteiger partial charge in [0.05, 0.1) is 18.3 Å². The Kier molecular flexibility index (Phi) is 5.73. The van der Waals surface area contributed by atoms with Gasteiger partial charge >= 0.3 is 0 Å². The number of ether oxygens (including phenoxy) is 1. The molecule has 2 aliphatic rings. The molecule has 4 unspecified atom stereocenters. The summed E-state index contributed by atoms with van der Waals surface area (Å²) in [7, 11) is 0. The summed E-state index contributed by atoms with van der Waals surface area (Å²) in [5.74, 6) is 0.930. The summed E-state index contributed by atoms with van der Waals surface area (Å²) in [6.45, 7) is 11.6. The van der Waals surface area contributed by atoms with Crippen LogP contribution in [0, 0.1) is 17.3 Å². The topological polar surface area (TPSA) is 49.7 Å². The Morgan fingerprint density at radius 2 is 2.05 bits per heavy atom. The zero-order valence-electron chi connectivity index (χ0n) is 14.6. The van der Waals surface area contributed by atoms with Crippen LogP contribution < -0.4 is 0 Å². The van der Waals surface area contributed by atoms with Crippen molar-refractivity contribution in [3.8, 4) is 0 Å². The van der Waals surface area contributed by atoms with Crippen molar-refractivity contribution in [2.24, 2.45) is 17.3 Å². The number of aliphatic hydroxyl groups excluding tert-OH is 1. The zero-order chi connectivity index (χ0) is 16.4. The molecular formula is C19H34O3. The summed E-state index contributed by atoms with van der Waals surface area (Å²) in [6.07, 6.45) is 7.08. The average Bonchev–Trinajstić information content (AvgIpc) is 2.75. The number of aliphatic hydroxyl groups is 2. The van der Waals surface area contributed by atoms with Gasteiger partial charge in [0, 0.05) is 6.61 Å². The van der Waals surface area contributed by atoms with E-state index in [1.165, 1.54) is 12.0 Å². The fourth-order valence-corrected chi connectivity index (χ4v) is 4.73. The molecule has 0 aromatic carbocycles. The van der Waals surface area contributed by atoms with E-state index in [1.807, 2.05) is 13.8 Å². The third-order valence-corrected chi connectivity index (χ3v) is 5.95. The summed E-state index contributed by atoms with van der Waals surface area (Å²) >= 11 is 0. The lowest BCUT2D eigenvalue weighted by Crippen LogP contribution is -2.40. The van der Waals surface area contributed by atoms with Crippen LogP contribution in [0.2, 0.25) is 0 Å². The molecule has 4 atom stereocenters. The second-order valence-electron chi connectivity index (χ2n) is 8.33. The fraction of sp³-hybridized carbons (Fsp3) is 0.895. The predicted molar refractivity (Wildman–Crippen MR) is 89.7 cm³/mol. The Morgan fingerprint density at radius 1 is 1.32 bits per heavy atom. The molecule has 0 spiro atoms. The quantitative estimate of drug-likeness (QED) is 0.557. The number of fused-ring (bicyclic) bond motifs is 1. The van der Waals surface area contributed by atoms with E-state index >= 15 is 0 Å². The molecule has 0 aliphatic heterocycles. The van der Waals surface area contributed by atoms with Gasteiger partial charge in [0.2, 0.25) is 0 Å². The first-order valence-corrected chi connectivity index (χ1v) is 8.90. The van der Waals surface area contributed by atoms with Gasteiger partial charge in [-0.3, -0.25) is 0 Å². The van der Waals surface area contributed by atoms with Crippen LogP contribution in [-0.4, -0.2) is 35.1 Å². The molecule has 3 nitrogen and oxygen atoms in total. The smallest absolute Gasteiger partial charge is 0.0677 e. The zero-order valence-corrected chi connectivity index (χ0v) is 14.6. The third kappa shape index (κ3) is 4.12. The van der Waals surface area contributed by atoms with Crippen molar-refractivity contribution in [2.75, 3.05) is 13.2 Å². The van der Waals surface area contributed by atoms with Crippen LogP contribution in [0.15, 0.2) is 12.2 Å². The standard InChI is InChI=1S/C19H34O3/c1-14(13-22-12-6-10-18(2,3)21)15-8-9-16-17(20)7-5-11-19(15,16)4/h15-17,20-21H,1,5-13H2,2-4H3. The van der Waals surface area contributed by atoms with E-state index in [-0.39, 0.29) is 11.5 Å². The molecule has 0 heterocycles. The molecule has 3 heteroatoms. The van der Waals surface area contributed by atoms with Gasteiger partial charge in [0.15, 0.2) is 0 Å². The van der Waals surface area contributed by atoms with Crippen LogP contribution in [0.5, 0.6) is 0 Å². The van der Waals surface area contributed by atoms with Gasteiger partial charge in [-0.05, 0) is 75.2 Å². The average molecular weight is 310 g/mol. The molecular weight excluding hydrogens is 276 g/mol. The Balaban J connectivity index is 1.78. The van der Waals surface area contributed by atoms with E-state index < -0.39 is 5.60 Å². The molecule has 128 valence electrons. The summed E-state index contributed by atoms with van der Waals surface area (Å²) in [5, 5.41) is 20.0. The van der Waals surface area contributed by atoms with Gasteiger partial charge in [0.25, 0.3) is 0 Å². The van der Waals surface area contributed by atoms with Crippen LogP contribution in [0.1, 0.15) is 65.7 Å². The highest BCUT2D eigenvalue weighted by Gasteiger charge is 2.51. The highest BCUT2D eigenvalue weighted by Crippen LogP contribution is 2.57. The van der Waals surface area contributed by atoms with Crippen molar-refractivity contribution in [2.45, 2.75) is 77.4 Å². The lowest BCUT2D eigenvalue weighted by molar-refractivity contribution is -0.0134. The van der Waals surface area contributed by atoms with E-state index in [9.17, 15) is 10.2 Å². The van der Waals surface area contributed by atoms with Crippen LogP contribution >= 0.6 is 0 Å². The minimum Gasteiger partial charge on any atom is -0.393 e. The Hall–Kier alpha value is -0.380. The Morgan fingerprint density at radius 3 is 2.73 bits per heavy atom. The minimum absolute atomic E-state index is 0.121. The molecule has 0 radical (unpaired) electrons. The number of hydrogen-bond donors (Lipinski definition) is 2. The monoisotopic (exact) mass is 310 g/mol. The number of rotatable bonds is 7. The van der Waals surface area contributed by atoms with E-state index in [2.05, 4.69) is 13.5 Å². The first-order chi connectivity index (χ1) is 10.2. The molecule has 0 saturated heterocycles. The maximum atomic E-state index is 10.3. The van der Waals surface area contributed by atoms with Gasteiger partial charge in [-0.1, -0.05) is 19.9 Å². The van der Waals surface area contributed by atoms with Crippen molar-refractivity contribution in [3.63, 3.8) is 0 Å². The van der Waals surface area contributed by atoms with Crippen molar-refractivity contribution < 1.29 is 14.9 Å². The fourth-order valence-electron chi connectivity index (χ4n) is 4.73. The van der Waals surface area contributed by atoms with Gasteiger partial charge in [-0.15, -0.1) is 0 Å². The molecule has 0 aromatic rings. The van der Waals surface area contributed by atoms with Crippen LogP contribution in [-0.2, 0) is 4.74 Å². The van der Waals surface area contributed by atoms with Crippen molar-refractivity contribution in [3.05, 3.63) is 12.2 Å². The summed E-state index contributed by atoms with van der Waals surface area (Å²) in [6, 6.07) is 0. The molecule has 22 heavy (non-hydrogen) atoms. The molecule has 0 amide bonds. The maximum absolute atomic E-state index is 10.3. The molecule has 2 N–H and O–H groups in total. The van der Waals surface area contributed by atoms with Crippen molar-refractivity contribution in [1.29, 1.82) is 0 Å². The van der Waals surface area contributed by atoms with Gasteiger partial charge in [0.1, 0.15) is 0 Å². The van der Waals surface area contributed by atoms with Gasteiger partial charge in [-0.25, -0.2) is 0 Å². The number of hydrogen-bond acceptors (Lipinski definition) is 3. The van der Waals surface area contributed by atoms with Crippen LogP contribution in [0.25, 0.3) is 0 Å². The Bertz CT molecular complexity index is 385. The summed E-state index contributed by atoms with van der Waals surface area (Å²) in [4.78, 5) is 0. The van der Waals surface area contributed by atoms with Crippen molar-refractivity contribution >= 4 is 0 Å². The first kappa shape index (κ1) is 18.0. The molecule has 2 rings (SSSR count). The largest absolute Gasteiger partial charge is 0.393 e. The molecule has 2 aliphatic carbocycles. The lowest BCUT2D eigenvalue weighted by atomic mass is 9.63. The van der Waals surface area contributed by atoms with Crippen LogP contribution in [0.3, 0.4) is 0 Å². The highest BCUT2D eigenvalue weighted by atomic mass is 16.5. The second-order valence-corrected chi connectivity index (χ2v) is 8.33. The van der Waals surface area contributed by atoms with E-state index in [0.717, 1.165) is 38.5 Å². The summed E-state index contributed by atoms with van der Waals surface area (Å²) in [5.41, 5.74) is 0.804. The molecule has 0 aromatic heterocycles. The lowest BCUT2D eigenvalue weighted by Gasteiger charge is -2.43. The van der Waals surface area contributed by atoms with Gasteiger partial charge < -0.3 is 14.9 Å². The van der Waals surface area contributed by atoms with Crippen LogP contribution in [0.4, 0.5) is 0 Å². The van der Waals surface area contributed by atoms with E-state index in [0.29, 0.717) is 25.0 Å². The first-order valence-electron chi connectivity index (χ1n) is 8.90. The maximum Gasteiger partial charge on any atom is 0.0677 e. The minimum atomic E-state index is -0.606. The second kappa shape index (κ2) is 7.02. The SMILES string of the molecule is C=C(COCCCC(C)(C)O)C1CCC2C(O)CCCC12C. The predicted octanol–water partition coefficient (Wildman–Crippen LogP) is 3.69. The third-order valence-electron chi connectivity index (χ3n) is 5.95. The molecule has 2 saturated carbocycles.